The molecule has 2 rings (SSSR count). The van der Waals surface area contributed by atoms with Gasteiger partial charge in [-0.25, -0.2) is 9.97 Å². The van der Waals surface area contributed by atoms with E-state index in [1.54, 1.807) is 25.4 Å². The Bertz CT molecular complexity index is 697. The van der Waals surface area contributed by atoms with Crippen LogP contribution in [-0.2, 0) is 14.3 Å². The average Bonchev–Trinajstić information content (AvgIpc) is 2.66. The zero-order chi connectivity index (χ0) is 17.9. The third-order valence-corrected chi connectivity index (χ3v) is 3.94. The maximum Gasteiger partial charge on any atom is 0.316 e. The third-order valence-electron chi connectivity index (χ3n) is 3.11. The number of carbonyl (C=O) groups is 2. The summed E-state index contributed by atoms with van der Waals surface area (Å²) in [6.07, 6.45) is 4.38. The van der Waals surface area contributed by atoms with E-state index in [1.165, 1.54) is 11.8 Å². The second-order valence-electron chi connectivity index (χ2n) is 5.01. The van der Waals surface area contributed by atoms with Crippen LogP contribution in [0.15, 0.2) is 41.8 Å². The number of nitrogens with one attached hydrogen (secondary N) is 1. The Morgan fingerprint density at radius 1 is 1.16 bits per heavy atom. The first-order valence-corrected chi connectivity index (χ1v) is 8.97. The third kappa shape index (κ3) is 6.88. The van der Waals surface area contributed by atoms with Gasteiger partial charge < -0.3 is 10.1 Å². The van der Waals surface area contributed by atoms with Crippen molar-refractivity contribution >= 4 is 23.6 Å². The normalized spacial score (nSPS) is 10.3. The fourth-order valence-electron chi connectivity index (χ4n) is 1.84. The van der Waals surface area contributed by atoms with Gasteiger partial charge in [0.05, 0.1) is 23.7 Å². The molecule has 25 heavy (non-hydrogen) atoms. The van der Waals surface area contributed by atoms with E-state index in [1.807, 2.05) is 18.2 Å². The van der Waals surface area contributed by atoms with Crippen LogP contribution < -0.4 is 5.32 Å². The molecule has 7 nitrogen and oxygen atoms in total. The van der Waals surface area contributed by atoms with Crippen molar-refractivity contribution in [1.29, 1.82) is 0 Å². The van der Waals surface area contributed by atoms with E-state index in [4.69, 9.17) is 4.74 Å². The van der Waals surface area contributed by atoms with Crippen LogP contribution in [-0.4, -0.2) is 45.7 Å². The molecule has 0 aliphatic carbocycles. The van der Waals surface area contributed by atoms with Crippen molar-refractivity contribution in [2.75, 3.05) is 18.9 Å². The SMILES string of the molecule is CCC(=O)NCCCOC(=O)CSc1nccc(-c2ccccn2)n1. The molecule has 1 amide bonds. The maximum absolute atomic E-state index is 11.7. The molecule has 0 aliphatic rings. The highest BCUT2D eigenvalue weighted by atomic mass is 32.2. The van der Waals surface area contributed by atoms with E-state index in [0.717, 1.165) is 5.69 Å². The number of nitrogens with zero attached hydrogens (tertiary/aromatic N) is 3. The number of aromatic nitrogens is 3. The number of thioether (sulfide) groups is 1. The Labute approximate surface area is 150 Å². The van der Waals surface area contributed by atoms with Crippen LogP contribution >= 0.6 is 11.8 Å². The molecule has 1 N–H and O–H groups in total. The van der Waals surface area contributed by atoms with Gasteiger partial charge >= 0.3 is 5.97 Å². The van der Waals surface area contributed by atoms with Gasteiger partial charge in [-0.05, 0) is 24.6 Å². The smallest absolute Gasteiger partial charge is 0.316 e. The minimum atomic E-state index is -0.335. The quantitative estimate of drug-likeness (QED) is 0.317. The number of pyridine rings is 1. The van der Waals surface area contributed by atoms with Gasteiger partial charge in [-0.1, -0.05) is 24.8 Å². The van der Waals surface area contributed by atoms with Gasteiger partial charge in [-0.3, -0.25) is 14.6 Å². The Morgan fingerprint density at radius 3 is 2.80 bits per heavy atom. The average molecular weight is 360 g/mol. The second kappa shape index (κ2) is 10.4. The molecule has 132 valence electrons. The monoisotopic (exact) mass is 360 g/mol. The van der Waals surface area contributed by atoms with Gasteiger partial charge in [0.2, 0.25) is 5.91 Å². The molecule has 0 saturated heterocycles. The van der Waals surface area contributed by atoms with Crippen LogP contribution in [0.25, 0.3) is 11.4 Å². The summed E-state index contributed by atoms with van der Waals surface area (Å²) in [5.74, 6) is -0.210. The molecule has 0 radical (unpaired) electrons. The summed E-state index contributed by atoms with van der Waals surface area (Å²) in [5, 5.41) is 3.22. The molecule has 2 aromatic heterocycles. The van der Waals surface area contributed by atoms with Crippen LogP contribution in [0.1, 0.15) is 19.8 Å². The Morgan fingerprint density at radius 2 is 2.04 bits per heavy atom. The number of ether oxygens (including phenoxy) is 1. The first-order valence-electron chi connectivity index (χ1n) is 7.98. The van der Waals surface area contributed by atoms with Gasteiger partial charge in [0.15, 0.2) is 5.16 Å². The van der Waals surface area contributed by atoms with Crippen molar-refractivity contribution in [3.8, 4) is 11.4 Å². The lowest BCUT2D eigenvalue weighted by atomic mass is 10.3. The molecule has 0 bridgehead atoms. The van der Waals surface area contributed by atoms with Crippen molar-refractivity contribution in [3.63, 3.8) is 0 Å². The summed E-state index contributed by atoms with van der Waals surface area (Å²) >= 11 is 1.22. The van der Waals surface area contributed by atoms with Crippen molar-refractivity contribution in [1.82, 2.24) is 20.3 Å². The van der Waals surface area contributed by atoms with Crippen molar-refractivity contribution in [3.05, 3.63) is 36.7 Å². The van der Waals surface area contributed by atoms with Crippen LogP contribution in [0.3, 0.4) is 0 Å². The summed E-state index contributed by atoms with van der Waals surface area (Å²) in [6, 6.07) is 7.36. The highest BCUT2D eigenvalue weighted by Crippen LogP contribution is 2.18. The van der Waals surface area contributed by atoms with Crippen LogP contribution in [0.5, 0.6) is 0 Å². The van der Waals surface area contributed by atoms with Crippen molar-refractivity contribution < 1.29 is 14.3 Å². The molecule has 0 fully saturated rings. The van der Waals surface area contributed by atoms with Crippen LogP contribution in [0, 0.1) is 0 Å². The number of hydrogen-bond donors (Lipinski definition) is 1. The second-order valence-corrected chi connectivity index (χ2v) is 5.95. The predicted octanol–water partition coefficient (Wildman–Crippen LogP) is 2.09. The predicted molar refractivity (Wildman–Crippen MR) is 94.9 cm³/mol. The number of esters is 1. The molecule has 0 saturated carbocycles. The Kier molecular flexibility index (Phi) is 7.84. The lowest BCUT2D eigenvalue weighted by molar-refractivity contribution is -0.140. The van der Waals surface area contributed by atoms with Gasteiger partial charge in [0.25, 0.3) is 0 Å². The fraction of sp³-hybridized carbons (Fsp3) is 0.353. The van der Waals surface area contributed by atoms with E-state index >= 15 is 0 Å². The number of rotatable bonds is 9. The summed E-state index contributed by atoms with van der Waals surface area (Å²) < 4.78 is 5.12. The zero-order valence-corrected chi connectivity index (χ0v) is 14.8. The van der Waals surface area contributed by atoms with Crippen molar-refractivity contribution in [2.24, 2.45) is 0 Å². The Hall–Kier alpha value is -2.48. The van der Waals surface area contributed by atoms with Crippen LogP contribution in [0.2, 0.25) is 0 Å². The zero-order valence-electron chi connectivity index (χ0n) is 14.0. The molecule has 2 heterocycles. The van der Waals surface area contributed by atoms with E-state index < -0.39 is 0 Å². The van der Waals surface area contributed by atoms with E-state index in [0.29, 0.717) is 30.2 Å². The molecule has 2 aromatic rings. The molecule has 8 heteroatoms. The lowest BCUT2D eigenvalue weighted by Crippen LogP contribution is -2.24. The minimum Gasteiger partial charge on any atom is -0.465 e. The molecule has 0 unspecified atom stereocenters. The molecule has 0 aliphatic heterocycles. The summed E-state index contributed by atoms with van der Waals surface area (Å²) in [6.45, 7) is 2.57. The molecule has 0 spiro atoms. The van der Waals surface area contributed by atoms with E-state index in [-0.39, 0.29) is 24.2 Å². The van der Waals surface area contributed by atoms with Crippen LogP contribution in [0.4, 0.5) is 0 Å². The highest BCUT2D eigenvalue weighted by Gasteiger charge is 2.08. The number of amides is 1. The lowest BCUT2D eigenvalue weighted by Gasteiger charge is -2.06. The fourth-order valence-corrected chi connectivity index (χ4v) is 2.47. The van der Waals surface area contributed by atoms with Crippen molar-refractivity contribution in [2.45, 2.75) is 24.9 Å². The topological polar surface area (TPSA) is 94.1 Å². The Balaban J connectivity index is 1.72. The molecule has 0 atom stereocenters. The van der Waals surface area contributed by atoms with E-state index in [2.05, 4.69) is 20.3 Å². The first kappa shape index (κ1) is 18.9. The minimum absolute atomic E-state index is 0.00758. The van der Waals surface area contributed by atoms with Gasteiger partial charge in [-0.2, -0.15) is 0 Å². The van der Waals surface area contributed by atoms with E-state index in [9.17, 15) is 9.59 Å². The summed E-state index contributed by atoms with van der Waals surface area (Å²) in [4.78, 5) is 35.6. The number of carbonyl (C=O) groups excluding carboxylic acids is 2. The molecular formula is C17H20N4O3S. The molecular weight excluding hydrogens is 340 g/mol. The summed E-state index contributed by atoms with van der Waals surface area (Å²) in [5.41, 5.74) is 1.46. The molecule has 0 aromatic carbocycles. The van der Waals surface area contributed by atoms with Gasteiger partial charge in [0.1, 0.15) is 0 Å². The summed E-state index contributed by atoms with van der Waals surface area (Å²) in [7, 11) is 0. The van der Waals surface area contributed by atoms with Gasteiger partial charge in [0, 0.05) is 25.4 Å². The first-order chi connectivity index (χ1) is 12.2. The maximum atomic E-state index is 11.7. The number of hydrogen-bond acceptors (Lipinski definition) is 7. The highest BCUT2D eigenvalue weighted by molar-refractivity contribution is 7.99. The van der Waals surface area contributed by atoms with Gasteiger partial charge in [-0.15, -0.1) is 0 Å². The largest absolute Gasteiger partial charge is 0.465 e. The standard InChI is InChI=1S/C17H20N4O3S/c1-2-15(22)19-9-5-11-24-16(23)12-25-17-20-10-7-14(21-17)13-6-3-4-8-18-13/h3-4,6-8,10H,2,5,9,11-12H2,1H3,(H,19,22).